The van der Waals surface area contributed by atoms with Crippen LogP contribution in [-0.4, -0.2) is 19.2 Å². The number of amides is 1. The highest BCUT2D eigenvalue weighted by atomic mass is 16.5. The van der Waals surface area contributed by atoms with Crippen molar-refractivity contribution in [2.75, 3.05) is 13.2 Å². The molecule has 0 aromatic carbocycles. The van der Waals surface area contributed by atoms with Gasteiger partial charge < -0.3 is 10.1 Å². The summed E-state index contributed by atoms with van der Waals surface area (Å²) in [7, 11) is 0. The van der Waals surface area contributed by atoms with Crippen LogP contribution in [0.1, 0.15) is 21.3 Å². The average molecular weight is 133 g/mol. The Hall–Kier alpha value is -0.730. The summed E-state index contributed by atoms with van der Waals surface area (Å²) in [6.07, 6.45) is -0.338. The van der Waals surface area contributed by atoms with E-state index < -0.39 is 0 Å². The number of hydrogen-bond acceptors (Lipinski definition) is 2. The van der Waals surface area contributed by atoms with E-state index >= 15 is 0 Å². The molecule has 0 aliphatic rings. The lowest BCUT2D eigenvalue weighted by atomic mass is 10.7. The number of nitrogens with one attached hydrogen (secondary N) is 1. The fraction of sp³-hybridized carbons (Fsp3) is 0.833. The van der Waals surface area contributed by atoms with Gasteiger partial charge >= 0.3 is 6.09 Å². The first-order chi connectivity index (χ1) is 3.81. The van der Waals surface area contributed by atoms with Crippen LogP contribution in [0.15, 0.2) is 0 Å². The molecule has 0 bridgehead atoms. The summed E-state index contributed by atoms with van der Waals surface area (Å²) >= 11 is 0. The van der Waals surface area contributed by atoms with Gasteiger partial charge in [-0.1, -0.05) is 7.43 Å². The van der Waals surface area contributed by atoms with Crippen molar-refractivity contribution >= 4 is 6.09 Å². The third kappa shape index (κ3) is 7.27. The van der Waals surface area contributed by atoms with E-state index in [1.807, 2.05) is 6.92 Å². The maximum Gasteiger partial charge on any atom is 0.407 e. The zero-order valence-electron chi connectivity index (χ0n) is 5.23. The fourth-order valence-corrected chi connectivity index (χ4v) is 0.326. The molecule has 0 aromatic rings. The molecule has 56 valence electrons. The van der Waals surface area contributed by atoms with Crippen LogP contribution in [-0.2, 0) is 4.74 Å². The van der Waals surface area contributed by atoms with Crippen LogP contribution in [0, 0.1) is 0 Å². The molecular formula is C6H15NO2. The first-order valence-corrected chi connectivity index (χ1v) is 2.71. The molecule has 0 unspecified atom stereocenters. The number of hydrogen-bond donors (Lipinski definition) is 1. The number of rotatable bonds is 2. The molecule has 0 rings (SSSR count). The summed E-state index contributed by atoms with van der Waals surface area (Å²) in [6, 6.07) is 0. The highest BCUT2D eigenvalue weighted by Gasteiger charge is 1.92. The SMILES string of the molecule is C.CCNC(=O)OCC. The van der Waals surface area contributed by atoms with Crippen molar-refractivity contribution < 1.29 is 9.53 Å². The minimum atomic E-state index is -0.338. The Morgan fingerprint density at radius 1 is 1.56 bits per heavy atom. The predicted molar refractivity (Wildman–Crippen MR) is 37.4 cm³/mol. The molecule has 0 aromatic heterocycles. The molecule has 0 atom stereocenters. The predicted octanol–water partition coefficient (Wildman–Crippen LogP) is 1.39. The molecule has 1 amide bonds. The Balaban J connectivity index is 0. The molecule has 9 heavy (non-hydrogen) atoms. The summed E-state index contributed by atoms with van der Waals surface area (Å²) in [4.78, 5) is 10.3. The van der Waals surface area contributed by atoms with Gasteiger partial charge in [0.2, 0.25) is 0 Å². The van der Waals surface area contributed by atoms with E-state index in [0.29, 0.717) is 13.2 Å². The van der Waals surface area contributed by atoms with Crippen molar-refractivity contribution in [1.82, 2.24) is 5.32 Å². The third-order valence-corrected chi connectivity index (χ3v) is 0.597. The second-order valence-corrected chi connectivity index (χ2v) is 1.25. The third-order valence-electron chi connectivity index (χ3n) is 0.597. The largest absolute Gasteiger partial charge is 0.450 e. The Bertz CT molecular complexity index is 65.5. The van der Waals surface area contributed by atoms with Crippen LogP contribution in [0.5, 0.6) is 0 Å². The Morgan fingerprint density at radius 3 is 2.44 bits per heavy atom. The van der Waals surface area contributed by atoms with Gasteiger partial charge in [0, 0.05) is 6.54 Å². The van der Waals surface area contributed by atoms with Crippen LogP contribution in [0.25, 0.3) is 0 Å². The van der Waals surface area contributed by atoms with Gasteiger partial charge in [-0.3, -0.25) is 0 Å². The standard InChI is InChI=1S/C5H11NO2.CH4/c1-3-6-5(7)8-4-2;/h3-4H2,1-2H3,(H,6,7);1H4. The van der Waals surface area contributed by atoms with E-state index in [2.05, 4.69) is 10.1 Å². The topological polar surface area (TPSA) is 38.3 Å². The molecule has 0 heterocycles. The van der Waals surface area contributed by atoms with Crippen LogP contribution >= 0.6 is 0 Å². The van der Waals surface area contributed by atoms with Crippen LogP contribution in [0.4, 0.5) is 4.79 Å². The highest BCUT2D eigenvalue weighted by molar-refractivity contribution is 5.66. The van der Waals surface area contributed by atoms with Gasteiger partial charge in [0.15, 0.2) is 0 Å². The maximum atomic E-state index is 10.3. The van der Waals surface area contributed by atoms with E-state index in [9.17, 15) is 4.79 Å². The summed E-state index contributed by atoms with van der Waals surface area (Å²) in [5.74, 6) is 0. The summed E-state index contributed by atoms with van der Waals surface area (Å²) < 4.78 is 4.53. The van der Waals surface area contributed by atoms with Gasteiger partial charge in [0.25, 0.3) is 0 Å². The Morgan fingerprint density at radius 2 is 2.11 bits per heavy atom. The van der Waals surface area contributed by atoms with E-state index in [0.717, 1.165) is 0 Å². The smallest absolute Gasteiger partial charge is 0.407 e. The second-order valence-electron chi connectivity index (χ2n) is 1.25. The van der Waals surface area contributed by atoms with Crippen molar-refractivity contribution in [2.24, 2.45) is 0 Å². The molecule has 0 radical (unpaired) electrons. The number of carbonyl (C=O) groups is 1. The maximum absolute atomic E-state index is 10.3. The quantitative estimate of drug-likeness (QED) is 0.618. The molecule has 0 spiro atoms. The summed E-state index contributed by atoms with van der Waals surface area (Å²) in [6.45, 7) is 4.68. The van der Waals surface area contributed by atoms with Crippen LogP contribution in [0.2, 0.25) is 0 Å². The van der Waals surface area contributed by atoms with E-state index in [1.165, 1.54) is 0 Å². The highest BCUT2D eigenvalue weighted by Crippen LogP contribution is 1.72. The number of ether oxygens (including phenoxy) is 1. The average Bonchev–Trinajstić information content (AvgIpc) is 1.68. The van der Waals surface area contributed by atoms with E-state index in [4.69, 9.17) is 0 Å². The second kappa shape index (κ2) is 7.27. The number of carbonyl (C=O) groups excluding carboxylic acids is 1. The molecule has 0 fully saturated rings. The summed E-state index contributed by atoms with van der Waals surface area (Å²) in [5.41, 5.74) is 0. The molecule has 0 aliphatic heterocycles. The van der Waals surface area contributed by atoms with Crippen molar-refractivity contribution in [3.8, 4) is 0 Å². The minimum absolute atomic E-state index is 0. The zero-order valence-corrected chi connectivity index (χ0v) is 5.23. The van der Waals surface area contributed by atoms with Gasteiger partial charge in [0.05, 0.1) is 6.61 Å². The van der Waals surface area contributed by atoms with E-state index in [1.54, 1.807) is 6.92 Å². The van der Waals surface area contributed by atoms with Gasteiger partial charge in [0.1, 0.15) is 0 Å². The summed E-state index contributed by atoms with van der Waals surface area (Å²) in [5, 5.41) is 2.49. The lowest BCUT2D eigenvalue weighted by Gasteiger charge is -1.99. The first kappa shape index (κ1) is 11.1. The first-order valence-electron chi connectivity index (χ1n) is 2.71. The molecule has 0 saturated carbocycles. The molecule has 0 aliphatic carbocycles. The molecule has 0 saturated heterocycles. The van der Waals surface area contributed by atoms with Crippen molar-refractivity contribution in [2.45, 2.75) is 21.3 Å². The minimum Gasteiger partial charge on any atom is -0.450 e. The van der Waals surface area contributed by atoms with Crippen molar-refractivity contribution in [1.29, 1.82) is 0 Å². The van der Waals surface area contributed by atoms with Gasteiger partial charge in [-0.15, -0.1) is 0 Å². The molecule has 1 N–H and O–H groups in total. The fourth-order valence-electron chi connectivity index (χ4n) is 0.326. The monoisotopic (exact) mass is 133 g/mol. The zero-order chi connectivity index (χ0) is 6.41. The molecule has 3 heteroatoms. The lowest BCUT2D eigenvalue weighted by molar-refractivity contribution is 0.153. The van der Waals surface area contributed by atoms with Crippen molar-refractivity contribution in [3.05, 3.63) is 0 Å². The van der Waals surface area contributed by atoms with Gasteiger partial charge in [-0.05, 0) is 13.8 Å². The van der Waals surface area contributed by atoms with E-state index in [-0.39, 0.29) is 13.5 Å². The van der Waals surface area contributed by atoms with Crippen molar-refractivity contribution in [3.63, 3.8) is 0 Å². The Kier molecular flexibility index (Phi) is 8.98. The molecule has 3 nitrogen and oxygen atoms in total. The lowest BCUT2D eigenvalue weighted by Crippen LogP contribution is -2.23. The van der Waals surface area contributed by atoms with Gasteiger partial charge in [-0.25, -0.2) is 4.79 Å². The van der Waals surface area contributed by atoms with Crippen LogP contribution < -0.4 is 5.32 Å². The Labute approximate surface area is 56.4 Å². The van der Waals surface area contributed by atoms with Gasteiger partial charge in [-0.2, -0.15) is 0 Å². The van der Waals surface area contributed by atoms with Crippen LogP contribution in [0.3, 0.4) is 0 Å². The normalized spacial score (nSPS) is 7.33. The molecular weight excluding hydrogens is 118 g/mol. The number of alkyl carbamates (subject to hydrolysis) is 1.